The maximum absolute atomic E-state index is 12.7. The highest BCUT2D eigenvalue weighted by atomic mass is 16.2. The highest BCUT2D eigenvalue weighted by Crippen LogP contribution is 2.31. The van der Waals surface area contributed by atoms with Gasteiger partial charge in [-0.15, -0.1) is 0 Å². The number of aromatic nitrogens is 3. The molecule has 2 fully saturated rings. The number of anilines is 1. The summed E-state index contributed by atoms with van der Waals surface area (Å²) in [5.74, 6) is 0.921. The lowest BCUT2D eigenvalue weighted by molar-refractivity contribution is -0.134. The van der Waals surface area contributed by atoms with Crippen molar-refractivity contribution in [2.24, 2.45) is 5.92 Å². The van der Waals surface area contributed by atoms with Crippen LogP contribution in [0.4, 0.5) is 5.69 Å². The first-order chi connectivity index (χ1) is 14.2. The van der Waals surface area contributed by atoms with Crippen LogP contribution in [0, 0.1) is 5.92 Å². The van der Waals surface area contributed by atoms with E-state index in [1.165, 1.54) is 17.5 Å². The summed E-state index contributed by atoms with van der Waals surface area (Å²) in [5, 5.41) is 2.27. The third-order valence-electron chi connectivity index (χ3n) is 6.35. The Morgan fingerprint density at radius 3 is 2.86 bits per heavy atom. The van der Waals surface area contributed by atoms with E-state index in [9.17, 15) is 4.79 Å². The van der Waals surface area contributed by atoms with Crippen LogP contribution in [0.25, 0.3) is 21.9 Å². The van der Waals surface area contributed by atoms with Crippen LogP contribution in [0.3, 0.4) is 0 Å². The molecule has 5 heterocycles. The van der Waals surface area contributed by atoms with E-state index in [1.807, 2.05) is 24.7 Å². The van der Waals surface area contributed by atoms with E-state index in [1.54, 1.807) is 0 Å². The fraction of sp³-hybridized carbons (Fsp3) is 0.500. The fourth-order valence-corrected chi connectivity index (χ4v) is 4.76. The van der Waals surface area contributed by atoms with E-state index < -0.39 is 0 Å². The van der Waals surface area contributed by atoms with Gasteiger partial charge in [0.25, 0.3) is 0 Å². The van der Waals surface area contributed by atoms with Gasteiger partial charge in [-0.25, -0.2) is 9.97 Å². The monoisotopic (exact) mass is 392 g/mol. The molecule has 152 valence electrons. The molecule has 2 saturated heterocycles. The van der Waals surface area contributed by atoms with E-state index in [2.05, 4.69) is 42.6 Å². The predicted octanol–water partition coefficient (Wildman–Crippen LogP) is 2.49. The summed E-state index contributed by atoms with van der Waals surface area (Å²) in [7, 11) is 0. The number of amides is 1. The number of rotatable bonds is 3. The topological polar surface area (TPSA) is 68.4 Å². The molecular weight excluding hydrogens is 364 g/mol. The number of H-pyrrole nitrogens is 1. The average Bonchev–Trinajstić information content (AvgIpc) is 3.23. The third kappa shape index (κ3) is 3.55. The molecule has 1 atom stereocenters. The first-order valence-electron chi connectivity index (χ1n) is 10.6. The number of fused-ring (bicyclic) bond motifs is 3. The SMILES string of the molecule is CC1CCCN(C(=O)CN2CCN(c3cc[nH]c4cnc5nccc5c34)CC2)C1. The van der Waals surface area contributed by atoms with Crippen LogP contribution in [0.15, 0.2) is 30.7 Å². The molecular formula is C22H28N6O. The zero-order valence-electron chi connectivity index (χ0n) is 17.0. The molecule has 0 aliphatic carbocycles. The number of carbonyl (C=O) groups is 1. The lowest BCUT2D eigenvalue weighted by atomic mass is 10.0. The molecule has 2 aliphatic heterocycles. The second-order valence-electron chi connectivity index (χ2n) is 8.44. The average molecular weight is 393 g/mol. The molecule has 2 aliphatic rings. The highest BCUT2D eigenvalue weighted by Gasteiger charge is 2.25. The molecule has 7 nitrogen and oxygen atoms in total. The second kappa shape index (κ2) is 7.63. The number of hydrogen-bond acceptors (Lipinski definition) is 5. The lowest BCUT2D eigenvalue weighted by Gasteiger charge is -2.38. The molecule has 0 aromatic carbocycles. The number of pyridine rings is 2. The van der Waals surface area contributed by atoms with Gasteiger partial charge >= 0.3 is 0 Å². The first-order valence-corrected chi connectivity index (χ1v) is 10.6. The number of likely N-dealkylation sites (tertiary alicyclic amines) is 1. The van der Waals surface area contributed by atoms with Crippen LogP contribution in [-0.4, -0.2) is 76.5 Å². The van der Waals surface area contributed by atoms with Crippen LogP contribution in [0.5, 0.6) is 0 Å². The Morgan fingerprint density at radius 1 is 1.17 bits per heavy atom. The molecule has 1 unspecified atom stereocenters. The summed E-state index contributed by atoms with van der Waals surface area (Å²) >= 11 is 0. The third-order valence-corrected chi connectivity index (χ3v) is 6.35. The Kier molecular flexibility index (Phi) is 4.83. The van der Waals surface area contributed by atoms with Crippen LogP contribution < -0.4 is 4.90 Å². The van der Waals surface area contributed by atoms with Crippen molar-refractivity contribution >= 4 is 33.5 Å². The summed E-state index contributed by atoms with van der Waals surface area (Å²) in [6, 6.07) is 4.18. The molecule has 1 N–H and O–H groups in total. The van der Waals surface area contributed by atoms with Crippen LogP contribution in [-0.2, 0) is 4.79 Å². The molecule has 0 radical (unpaired) electrons. The summed E-state index contributed by atoms with van der Waals surface area (Å²) in [6.07, 6.45) is 8.04. The number of aromatic amines is 1. The highest BCUT2D eigenvalue weighted by molar-refractivity contribution is 6.09. The summed E-state index contributed by atoms with van der Waals surface area (Å²) < 4.78 is 0. The van der Waals surface area contributed by atoms with Crippen molar-refractivity contribution in [2.75, 3.05) is 50.7 Å². The molecule has 7 heteroatoms. The zero-order valence-corrected chi connectivity index (χ0v) is 17.0. The normalized spacial score (nSPS) is 21.2. The van der Waals surface area contributed by atoms with Gasteiger partial charge in [0.05, 0.1) is 18.3 Å². The van der Waals surface area contributed by atoms with Gasteiger partial charge in [0.1, 0.15) is 0 Å². The zero-order chi connectivity index (χ0) is 19.8. The lowest BCUT2D eigenvalue weighted by Crippen LogP contribution is -2.51. The number of nitrogens with zero attached hydrogens (tertiary/aromatic N) is 5. The van der Waals surface area contributed by atoms with Crippen molar-refractivity contribution in [1.82, 2.24) is 24.8 Å². The Balaban J connectivity index is 1.29. The van der Waals surface area contributed by atoms with E-state index >= 15 is 0 Å². The Labute approximate surface area is 170 Å². The van der Waals surface area contributed by atoms with Gasteiger partial charge in [-0.3, -0.25) is 9.69 Å². The van der Waals surface area contributed by atoms with E-state index in [0.717, 1.165) is 62.2 Å². The van der Waals surface area contributed by atoms with Crippen molar-refractivity contribution in [3.8, 4) is 0 Å². The van der Waals surface area contributed by atoms with Gasteiger partial charge in [-0.05, 0) is 30.9 Å². The Bertz CT molecular complexity index is 1020. The second-order valence-corrected chi connectivity index (χ2v) is 8.44. The molecule has 5 rings (SSSR count). The van der Waals surface area contributed by atoms with E-state index in [4.69, 9.17) is 0 Å². The van der Waals surface area contributed by atoms with Crippen molar-refractivity contribution in [3.05, 3.63) is 30.7 Å². The minimum atomic E-state index is 0.292. The smallest absolute Gasteiger partial charge is 0.236 e. The molecule has 3 aromatic heterocycles. The summed E-state index contributed by atoms with van der Waals surface area (Å²) in [6.45, 7) is 8.28. The van der Waals surface area contributed by atoms with Gasteiger partial charge in [0.2, 0.25) is 5.91 Å². The summed E-state index contributed by atoms with van der Waals surface area (Å²) in [4.78, 5) is 31.6. The van der Waals surface area contributed by atoms with Gasteiger partial charge in [0, 0.05) is 68.1 Å². The van der Waals surface area contributed by atoms with Crippen molar-refractivity contribution in [3.63, 3.8) is 0 Å². The van der Waals surface area contributed by atoms with Gasteiger partial charge in [0.15, 0.2) is 5.65 Å². The van der Waals surface area contributed by atoms with Gasteiger partial charge in [-0.2, -0.15) is 0 Å². The minimum Gasteiger partial charge on any atom is -0.368 e. The Hall–Kier alpha value is -2.67. The molecule has 29 heavy (non-hydrogen) atoms. The van der Waals surface area contributed by atoms with Gasteiger partial charge in [-0.1, -0.05) is 6.92 Å². The molecule has 0 spiro atoms. The maximum atomic E-state index is 12.7. The quantitative estimate of drug-likeness (QED) is 0.742. The molecule has 1 amide bonds. The van der Waals surface area contributed by atoms with Crippen molar-refractivity contribution in [2.45, 2.75) is 19.8 Å². The number of carbonyl (C=O) groups excluding carboxylic acids is 1. The van der Waals surface area contributed by atoms with Crippen LogP contribution in [0.2, 0.25) is 0 Å². The summed E-state index contributed by atoms with van der Waals surface area (Å²) in [5.41, 5.74) is 3.04. The number of piperazine rings is 1. The Morgan fingerprint density at radius 2 is 2.03 bits per heavy atom. The predicted molar refractivity (Wildman–Crippen MR) is 115 cm³/mol. The molecule has 0 saturated carbocycles. The van der Waals surface area contributed by atoms with Crippen LogP contribution in [0.1, 0.15) is 19.8 Å². The first kappa shape index (κ1) is 18.4. The number of nitrogens with one attached hydrogen (secondary N) is 1. The standard InChI is InChI=1S/C22H28N6O/c1-16-3-2-8-28(14-16)20(29)15-26-9-11-27(12-10-26)19-5-7-23-18-13-25-22-17(21(18)19)4-6-24-22/h4-7,13,16,23H,2-3,8-12,14-15H2,1H3. The minimum absolute atomic E-state index is 0.292. The van der Waals surface area contributed by atoms with Gasteiger partial charge < -0.3 is 14.8 Å². The number of hydrogen-bond donors (Lipinski definition) is 1. The molecule has 3 aromatic rings. The molecule has 0 bridgehead atoms. The van der Waals surface area contributed by atoms with E-state index in [-0.39, 0.29) is 0 Å². The van der Waals surface area contributed by atoms with Crippen molar-refractivity contribution < 1.29 is 4.79 Å². The number of piperidine rings is 1. The van der Waals surface area contributed by atoms with Crippen LogP contribution >= 0.6 is 0 Å². The fourth-order valence-electron chi connectivity index (χ4n) is 4.76. The van der Waals surface area contributed by atoms with E-state index in [0.29, 0.717) is 18.4 Å². The van der Waals surface area contributed by atoms with Crippen molar-refractivity contribution in [1.29, 1.82) is 0 Å². The largest absolute Gasteiger partial charge is 0.368 e. The maximum Gasteiger partial charge on any atom is 0.236 e.